The lowest BCUT2D eigenvalue weighted by Gasteiger charge is -2.37. The van der Waals surface area contributed by atoms with Gasteiger partial charge in [0.2, 0.25) is 0 Å². The van der Waals surface area contributed by atoms with Gasteiger partial charge in [-0.2, -0.15) is 0 Å². The molecule has 1 aromatic rings. The van der Waals surface area contributed by atoms with Crippen molar-refractivity contribution in [2.75, 3.05) is 33.7 Å². The van der Waals surface area contributed by atoms with Crippen LogP contribution in [0, 0.1) is 0 Å². The van der Waals surface area contributed by atoms with Crippen LogP contribution >= 0.6 is 0 Å². The maximum atomic E-state index is 2.43. The fraction of sp³-hybridized carbons (Fsp3) is 0.600. The molecule has 2 heteroatoms. The average Bonchev–Trinajstić information content (AvgIpc) is 2.36. The van der Waals surface area contributed by atoms with Gasteiger partial charge in [0.25, 0.3) is 0 Å². The number of nitrogens with zero attached hydrogens (tertiary/aromatic N) is 2. The monoisotopic (exact) mass is 234 g/mol. The second kappa shape index (κ2) is 6.18. The van der Waals surface area contributed by atoms with Crippen molar-refractivity contribution in [3.05, 3.63) is 35.9 Å². The Hall–Kier alpha value is -0.860. The molecular formula is C15H26N2. The maximum absolute atomic E-state index is 2.43. The molecule has 0 saturated carbocycles. The Kier molecular flexibility index (Phi) is 5.16. The van der Waals surface area contributed by atoms with Crippen LogP contribution in [0.2, 0.25) is 0 Å². The molecule has 1 aromatic carbocycles. The van der Waals surface area contributed by atoms with Crippen molar-refractivity contribution >= 4 is 0 Å². The number of rotatable bonds is 6. The van der Waals surface area contributed by atoms with Gasteiger partial charge in [-0.15, -0.1) is 0 Å². The van der Waals surface area contributed by atoms with Crippen molar-refractivity contribution in [1.82, 2.24) is 9.80 Å². The fourth-order valence-electron chi connectivity index (χ4n) is 1.82. The van der Waals surface area contributed by atoms with Gasteiger partial charge in [-0.25, -0.2) is 0 Å². The summed E-state index contributed by atoms with van der Waals surface area (Å²) in [5, 5.41) is 0. The topological polar surface area (TPSA) is 6.48 Å². The number of hydrogen-bond donors (Lipinski definition) is 0. The first kappa shape index (κ1) is 14.2. The summed E-state index contributed by atoms with van der Waals surface area (Å²) in [7, 11) is 4.37. The summed E-state index contributed by atoms with van der Waals surface area (Å²) >= 11 is 0. The van der Waals surface area contributed by atoms with Gasteiger partial charge in [0.05, 0.1) is 0 Å². The van der Waals surface area contributed by atoms with Crippen LogP contribution < -0.4 is 0 Å². The zero-order valence-electron chi connectivity index (χ0n) is 11.9. The van der Waals surface area contributed by atoms with Crippen molar-refractivity contribution in [3.8, 4) is 0 Å². The molecule has 1 rings (SSSR count). The molecule has 0 aliphatic carbocycles. The first-order chi connectivity index (χ1) is 7.98. The number of likely N-dealkylation sites (N-methyl/N-ethyl adjacent to an activating group) is 2. The SMILES string of the molecule is CCN(C)CCN(C)C(C)(C)c1ccccc1. The Morgan fingerprint density at radius 1 is 1.00 bits per heavy atom. The number of hydrogen-bond acceptors (Lipinski definition) is 2. The van der Waals surface area contributed by atoms with Gasteiger partial charge in [0.15, 0.2) is 0 Å². The summed E-state index contributed by atoms with van der Waals surface area (Å²) < 4.78 is 0. The van der Waals surface area contributed by atoms with E-state index in [1.807, 2.05) is 0 Å². The molecule has 2 nitrogen and oxygen atoms in total. The van der Waals surface area contributed by atoms with Gasteiger partial charge in [-0.3, -0.25) is 4.90 Å². The molecule has 0 aliphatic heterocycles. The Labute approximate surface area is 106 Å². The minimum Gasteiger partial charge on any atom is -0.305 e. The van der Waals surface area contributed by atoms with Crippen LogP contribution in [-0.4, -0.2) is 43.5 Å². The van der Waals surface area contributed by atoms with Crippen molar-refractivity contribution < 1.29 is 0 Å². The molecular weight excluding hydrogens is 208 g/mol. The molecule has 0 fully saturated rings. The smallest absolute Gasteiger partial charge is 0.0401 e. The molecule has 0 radical (unpaired) electrons. The fourth-order valence-corrected chi connectivity index (χ4v) is 1.82. The molecule has 0 saturated heterocycles. The molecule has 0 N–H and O–H groups in total. The lowest BCUT2D eigenvalue weighted by molar-refractivity contribution is 0.139. The van der Waals surface area contributed by atoms with Gasteiger partial charge in [0.1, 0.15) is 0 Å². The van der Waals surface area contributed by atoms with Gasteiger partial charge in [-0.05, 0) is 40.1 Å². The third kappa shape index (κ3) is 3.83. The molecule has 0 unspecified atom stereocenters. The van der Waals surface area contributed by atoms with Crippen molar-refractivity contribution in [2.24, 2.45) is 0 Å². The van der Waals surface area contributed by atoms with E-state index in [9.17, 15) is 0 Å². The molecule has 17 heavy (non-hydrogen) atoms. The van der Waals surface area contributed by atoms with Crippen molar-refractivity contribution in [3.63, 3.8) is 0 Å². The normalized spacial score (nSPS) is 12.4. The molecule has 0 heterocycles. The summed E-state index contributed by atoms with van der Waals surface area (Å²) in [6.45, 7) is 10.1. The highest BCUT2D eigenvalue weighted by Gasteiger charge is 2.25. The lowest BCUT2D eigenvalue weighted by atomic mass is 9.93. The van der Waals surface area contributed by atoms with E-state index in [1.54, 1.807) is 0 Å². The molecule has 0 aromatic heterocycles. The second-order valence-electron chi connectivity index (χ2n) is 5.24. The second-order valence-corrected chi connectivity index (χ2v) is 5.24. The molecule has 0 aliphatic rings. The Morgan fingerprint density at radius 2 is 1.59 bits per heavy atom. The van der Waals surface area contributed by atoms with Crippen LogP contribution in [0.4, 0.5) is 0 Å². The summed E-state index contributed by atoms with van der Waals surface area (Å²) in [4.78, 5) is 4.77. The van der Waals surface area contributed by atoms with Crippen molar-refractivity contribution in [2.45, 2.75) is 26.3 Å². The highest BCUT2D eigenvalue weighted by molar-refractivity contribution is 5.22. The summed E-state index contributed by atoms with van der Waals surface area (Å²) in [6, 6.07) is 10.7. The van der Waals surface area contributed by atoms with E-state index in [4.69, 9.17) is 0 Å². The van der Waals surface area contributed by atoms with Crippen LogP contribution in [0.3, 0.4) is 0 Å². The van der Waals surface area contributed by atoms with Gasteiger partial charge in [-0.1, -0.05) is 37.3 Å². The molecule has 0 amide bonds. The minimum absolute atomic E-state index is 0.0931. The predicted molar refractivity (Wildman–Crippen MR) is 75.3 cm³/mol. The predicted octanol–water partition coefficient (Wildman–Crippen LogP) is 2.81. The Bertz CT molecular complexity index is 319. The zero-order valence-corrected chi connectivity index (χ0v) is 11.9. The van der Waals surface area contributed by atoms with E-state index in [2.05, 4.69) is 75.0 Å². The summed E-state index contributed by atoms with van der Waals surface area (Å²) in [6.07, 6.45) is 0. The zero-order chi connectivity index (χ0) is 12.9. The Balaban J connectivity index is 2.64. The summed E-state index contributed by atoms with van der Waals surface area (Å²) in [5.41, 5.74) is 1.47. The van der Waals surface area contributed by atoms with Crippen LogP contribution in [0.15, 0.2) is 30.3 Å². The maximum Gasteiger partial charge on any atom is 0.0401 e. The first-order valence-electron chi connectivity index (χ1n) is 6.43. The van der Waals surface area contributed by atoms with Crippen LogP contribution in [0.25, 0.3) is 0 Å². The molecule has 0 bridgehead atoms. The van der Waals surface area contributed by atoms with Gasteiger partial charge < -0.3 is 4.90 Å². The molecule has 0 atom stereocenters. The highest BCUT2D eigenvalue weighted by Crippen LogP contribution is 2.25. The van der Waals surface area contributed by atoms with E-state index in [-0.39, 0.29) is 5.54 Å². The number of benzene rings is 1. The minimum atomic E-state index is 0.0931. The van der Waals surface area contributed by atoms with Gasteiger partial charge >= 0.3 is 0 Å². The van der Waals surface area contributed by atoms with Crippen LogP contribution in [0.5, 0.6) is 0 Å². The quantitative estimate of drug-likeness (QED) is 0.747. The van der Waals surface area contributed by atoms with E-state index >= 15 is 0 Å². The van der Waals surface area contributed by atoms with E-state index in [0.29, 0.717) is 0 Å². The third-order valence-electron chi connectivity index (χ3n) is 3.79. The average molecular weight is 234 g/mol. The third-order valence-corrected chi connectivity index (χ3v) is 3.79. The standard InChI is InChI=1S/C15H26N2/c1-6-16(4)12-13-17(5)15(2,3)14-10-8-7-9-11-14/h7-11H,6,12-13H2,1-5H3. The lowest BCUT2D eigenvalue weighted by Crippen LogP contribution is -2.42. The van der Waals surface area contributed by atoms with E-state index in [0.717, 1.165) is 19.6 Å². The molecule has 0 spiro atoms. The Morgan fingerprint density at radius 3 is 2.12 bits per heavy atom. The van der Waals surface area contributed by atoms with Crippen molar-refractivity contribution in [1.29, 1.82) is 0 Å². The van der Waals surface area contributed by atoms with Gasteiger partial charge in [0, 0.05) is 18.6 Å². The summed E-state index contributed by atoms with van der Waals surface area (Å²) in [5.74, 6) is 0. The van der Waals surface area contributed by atoms with E-state index in [1.165, 1.54) is 5.56 Å². The van der Waals surface area contributed by atoms with E-state index < -0.39 is 0 Å². The largest absolute Gasteiger partial charge is 0.305 e. The molecule has 96 valence electrons. The highest BCUT2D eigenvalue weighted by atomic mass is 15.2. The first-order valence-corrected chi connectivity index (χ1v) is 6.43. The van der Waals surface area contributed by atoms with Crippen LogP contribution in [-0.2, 0) is 5.54 Å². The van der Waals surface area contributed by atoms with Crippen LogP contribution in [0.1, 0.15) is 26.3 Å².